The molecule has 1 amide bonds. The number of nitro groups is 1. The number of carbonyl (C=O) groups is 1. The van der Waals surface area contributed by atoms with Crippen LogP contribution in [-0.4, -0.2) is 25.5 Å². The van der Waals surface area contributed by atoms with Crippen LogP contribution in [0.15, 0.2) is 53.9 Å². The van der Waals surface area contributed by atoms with Crippen molar-refractivity contribution in [3.8, 4) is 0 Å². The lowest BCUT2D eigenvalue weighted by Gasteiger charge is -2.12. The highest BCUT2D eigenvalue weighted by Gasteiger charge is 2.19. The van der Waals surface area contributed by atoms with E-state index < -0.39 is 10.2 Å². The van der Waals surface area contributed by atoms with Crippen molar-refractivity contribution in [3.63, 3.8) is 0 Å². The van der Waals surface area contributed by atoms with Crippen molar-refractivity contribution < 1.29 is 9.72 Å². The maximum absolute atomic E-state index is 12.4. The number of amides is 1. The Bertz CT molecular complexity index is 959. The van der Waals surface area contributed by atoms with Crippen molar-refractivity contribution in [3.05, 3.63) is 63.9 Å². The Morgan fingerprint density at radius 3 is 2.92 bits per heavy atom. The number of nitrogens with zero attached hydrogens (tertiary/aromatic N) is 3. The van der Waals surface area contributed by atoms with Gasteiger partial charge < -0.3 is 5.32 Å². The van der Waals surface area contributed by atoms with Gasteiger partial charge in [-0.3, -0.25) is 19.3 Å². The monoisotopic (exact) mass is 376 g/mol. The summed E-state index contributed by atoms with van der Waals surface area (Å²) in [7, 11) is 0. The standard InChI is InChI=1S/C16H13ClN4O3S/c1-10(25-16-18-9-12-4-2-3-7-20(12)16)15(22)19-14-6-5-11(21(23)24)8-13(14)17/h2-10H,1H3,(H,19,22). The maximum Gasteiger partial charge on any atom is 0.271 e. The van der Waals surface area contributed by atoms with Gasteiger partial charge in [0.2, 0.25) is 5.91 Å². The van der Waals surface area contributed by atoms with Crippen molar-refractivity contribution in [1.82, 2.24) is 9.38 Å². The number of pyridine rings is 1. The summed E-state index contributed by atoms with van der Waals surface area (Å²) in [5.41, 5.74) is 1.14. The summed E-state index contributed by atoms with van der Waals surface area (Å²) in [4.78, 5) is 26.9. The molecule has 0 radical (unpaired) electrons. The third kappa shape index (κ3) is 3.75. The van der Waals surface area contributed by atoms with Crippen molar-refractivity contribution in [2.75, 3.05) is 5.32 Å². The van der Waals surface area contributed by atoms with Crippen LogP contribution in [0.4, 0.5) is 11.4 Å². The lowest BCUT2D eigenvalue weighted by Crippen LogP contribution is -2.22. The van der Waals surface area contributed by atoms with Gasteiger partial charge in [-0.25, -0.2) is 4.98 Å². The molecule has 9 heteroatoms. The second-order valence-electron chi connectivity index (χ2n) is 5.21. The van der Waals surface area contributed by atoms with Gasteiger partial charge in [-0.2, -0.15) is 0 Å². The zero-order chi connectivity index (χ0) is 18.0. The molecular formula is C16H13ClN4O3S. The second-order valence-corrected chi connectivity index (χ2v) is 6.92. The molecule has 0 saturated heterocycles. The quantitative estimate of drug-likeness (QED) is 0.412. The summed E-state index contributed by atoms with van der Waals surface area (Å²) in [6.07, 6.45) is 3.61. The number of hydrogen-bond acceptors (Lipinski definition) is 5. The van der Waals surface area contributed by atoms with E-state index in [0.29, 0.717) is 10.8 Å². The van der Waals surface area contributed by atoms with Gasteiger partial charge in [-0.1, -0.05) is 29.4 Å². The number of aromatic nitrogens is 2. The Balaban J connectivity index is 1.72. The number of nitrogens with one attached hydrogen (secondary N) is 1. The number of benzene rings is 1. The van der Waals surface area contributed by atoms with Gasteiger partial charge in [0.1, 0.15) is 0 Å². The molecule has 0 aliphatic rings. The minimum Gasteiger partial charge on any atom is -0.324 e. The van der Waals surface area contributed by atoms with Crippen molar-refractivity contribution in [1.29, 1.82) is 0 Å². The van der Waals surface area contributed by atoms with E-state index in [0.717, 1.165) is 5.52 Å². The number of carbonyl (C=O) groups excluding carboxylic acids is 1. The first-order chi connectivity index (χ1) is 12.0. The minimum atomic E-state index is -0.542. The van der Waals surface area contributed by atoms with E-state index in [1.165, 1.54) is 30.0 Å². The highest BCUT2D eigenvalue weighted by molar-refractivity contribution is 8.00. The fourth-order valence-corrected chi connectivity index (χ4v) is 3.27. The second kappa shape index (κ2) is 7.12. The molecule has 7 nitrogen and oxygen atoms in total. The largest absolute Gasteiger partial charge is 0.324 e. The van der Waals surface area contributed by atoms with Crippen LogP contribution in [0.3, 0.4) is 0 Å². The Morgan fingerprint density at radius 1 is 1.40 bits per heavy atom. The molecule has 0 aliphatic carbocycles. The number of non-ortho nitro benzene ring substituents is 1. The van der Waals surface area contributed by atoms with Crippen molar-refractivity contribution in [2.45, 2.75) is 17.3 Å². The topological polar surface area (TPSA) is 89.5 Å². The number of fused-ring (bicyclic) bond motifs is 1. The van der Waals surface area contributed by atoms with Crippen LogP contribution in [-0.2, 0) is 4.79 Å². The summed E-state index contributed by atoms with van der Waals surface area (Å²) in [6, 6.07) is 9.65. The first-order valence-corrected chi connectivity index (χ1v) is 8.55. The molecule has 0 fully saturated rings. The fraction of sp³-hybridized carbons (Fsp3) is 0.125. The molecule has 128 valence electrons. The Labute approximate surface area is 152 Å². The van der Waals surface area contributed by atoms with Gasteiger partial charge in [-0.15, -0.1) is 0 Å². The predicted octanol–water partition coefficient (Wildman–Crippen LogP) is 4.02. The minimum absolute atomic E-state index is 0.117. The van der Waals surface area contributed by atoms with Gasteiger partial charge in [0, 0.05) is 18.3 Å². The Morgan fingerprint density at radius 2 is 2.20 bits per heavy atom. The molecule has 3 rings (SSSR count). The predicted molar refractivity (Wildman–Crippen MR) is 97.2 cm³/mol. The van der Waals surface area contributed by atoms with Crippen molar-refractivity contribution in [2.24, 2.45) is 0 Å². The van der Waals surface area contributed by atoms with Crippen LogP contribution in [0.5, 0.6) is 0 Å². The molecule has 2 aromatic heterocycles. The molecular weight excluding hydrogens is 364 g/mol. The normalized spacial score (nSPS) is 12.1. The zero-order valence-corrected chi connectivity index (χ0v) is 14.6. The van der Waals surface area contributed by atoms with Crippen molar-refractivity contribution >= 4 is 46.2 Å². The Kier molecular flexibility index (Phi) is 4.91. The SMILES string of the molecule is CC(Sc1ncc2ccccn12)C(=O)Nc1ccc([N+](=O)[O-])cc1Cl. The highest BCUT2D eigenvalue weighted by atomic mass is 35.5. The molecule has 2 heterocycles. The number of nitro benzene ring substituents is 1. The molecule has 1 atom stereocenters. The summed E-state index contributed by atoms with van der Waals surface area (Å²) in [5.74, 6) is -0.270. The fourth-order valence-electron chi connectivity index (χ4n) is 2.17. The lowest BCUT2D eigenvalue weighted by molar-refractivity contribution is -0.384. The van der Waals surface area contributed by atoms with Crippen LogP contribution in [0.25, 0.3) is 5.52 Å². The van der Waals surface area contributed by atoms with Crippen LogP contribution in [0.1, 0.15) is 6.92 Å². The molecule has 0 spiro atoms. The van der Waals surface area contributed by atoms with Gasteiger partial charge in [0.05, 0.1) is 32.6 Å². The van der Waals surface area contributed by atoms with E-state index in [2.05, 4.69) is 10.3 Å². The molecule has 1 N–H and O–H groups in total. The number of halogens is 1. The Hall–Kier alpha value is -2.58. The third-order valence-electron chi connectivity index (χ3n) is 3.48. The van der Waals surface area contributed by atoms with Gasteiger partial charge >= 0.3 is 0 Å². The average Bonchev–Trinajstić information content (AvgIpc) is 2.99. The lowest BCUT2D eigenvalue weighted by atomic mass is 10.2. The van der Waals surface area contributed by atoms with Gasteiger partial charge in [-0.05, 0) is 25.1 Å². The molecule has 1 unspecified atom stereocenters. The number of imidazole rings is 1. The van der Waals surface area contributed by atoms with Crippen LogP contribution in [0, 0.1) is 10.1 Å². The number of thioether (sulfide) groups is 1. The average molecular weight is 377 g/mol. The van der Waals surface area contributed by atoms with E-state index in [1.54, 1.807) is 13.1 Å². The molecule has 3 aromatic rings. The first kappa shape index (κ1) is 17.2. The van der Waals surface area contributed by atoms with Gasteiger partial charge in [0.25, 0.3) is 5.69 Å². The summed E-state index contributed by atoms with van der Waals surface area (Å²) < 4.78 is 1.90. The summed E-state index contributed by atoms with van der Waals surface area (Å²) >= 11 is 7.31. The first-order valence-electron chi connectivity index (χ1n) is 7.29. The zero-order valence-electron chi connectivity index (χ0n) is 13.0. The maximum atomic E-state index is 12.4. The molecule has 1 aromatic carbocycles. The summed E-state index contributed by atoms with van der Waals surface area (Å²) in [5, 5.41) is 13.8. The third-order valence-corrected chi connectivity index (χ3v) is 4.87. The van der Waals surface area contributed by atoms with Crippen LogP contribution >= 0.6 is 23.4 Å². The number of anilines is 1. The van der Waals surface area contributed by atoms with E-state index >= 15 is 0 Å². The van der Waals surface area contributed by atoms with Crippen LogP contribution < -0.4 is 5.32 Å². The molecule has 0 aliphatic heterocycles. The highest BCUT2D eigenvalue weighted by Crippen LogP contribution is 2.28. The molecule has 0 bridgehead atoms. The van der Waals surface area contributed by atoms with E-state index in [-0.39, 0.29) is 16.6 Å². The molecule has 0 saturated carbocycles. The van der Waals surface area contributed by atoms with E-state index in [4.69, 9.17) is 11.6 Å². The summed E-state index contributed by atoms with van der Waals surface area (Å²) in [6.45, 7) is 1.75. The van der Waals surface area contributed by atoms with E-state index in [9.17, 15) is 14.9 Å². The molecule has 25 heavy (non-hydrogen) atoms. The van der Waals surface area contributed by atoms with E-state index in [1.807, 2.05) is 28.8 Å². The smallest absolute Gasteiger partial charge is 0.271 e. The number of hydrogen-bond donors (Lipinski definition) is 1. The van der Waals surface area contributed by atoms with Gasteiger partial charge in [0.15, 0.2) is 5.16 Å². The van der Waals surface area contributed by atoms with Crippen LogP contribution in [0.2, 0.25) is 5.02 Å². The number of rotatable bonds is 5.